The summed E-state index contributed by atoms with van der Waals surface area (Å²) < 4.78 is 0. The van der Waals surface area contributed by atoms with Gasteiger partial charge >= 0.3 is 0 Å². The van der Waals surface area contributed by atoms with Gasteiger partial charge in [-0.05, 0) is 41.5 Å². The summed E-state index contributed by atoms with van der Waals surface area (Å²) in [5.74, 6) is 1.84. The Balaban J connectivity index is 1.70. The molecule has 2 aromatic rings. The Morgan fingerprint density at radius 1 is 0.722 bits per heavy atom. The van der Waals surface area contributed by atoms with Crippen LogP contribution in [0.25, 0.3) is 0 Å². The van der Waals surface area contributed by atoms with Crippen LogP contribution in [-0.4, -0.2) is 0 Å². The molecule has 1 nitrogen and oxygen atoms in total. The molecule has 2 aromatic carbocycles. The monoisotopic (exact) mass is 233 g/mol. The van der Waals surface area contributed by atoms with Crippen LogP contribution < -0.4 is 4.90 Å². The Morgan fingerprint density at radius 3 is 1.89 bits per heavy atom. The van der Waals surface area contributed by atoms with E-state index in [0.29, 0.717) is 12.1 Å². The molecule has 2 aliphatic heterocycles. The third kappa shape index (κ3) is 0.951. The molecule has 1 saturated heterocycles. The third-order valence-electron chi connectivity index (χ3n) is 4.99. The summed E-state index contributed by atoms with van der Waals surface area (Å²) in [5, 5.41) is 0. The van der Waals surface area contributed by atoms with Crippen molar-refractivity contribution in [1.82, 2.24) is 0 Å². The van der Waals surface area contributed by atoms with Crippen LogP contribution in [0.4, 0.5) is 5.69 Å². The molecule has 0 amide bonds. The van der Waals surface area contributed by atoms with E-state index in [1.54, 1.807) is 11.1 Å². The predicted molar refractivity (Wildman–Crippen MR) is 72.4 cm³/mol. The second-order valence-electron chi connectivity index (χ2n) is 5.82. The summed E-state index contributed by atoms with van der Waals surface area (Å²) >= 11 is 0. The molecule has 0 unspecified atom stereocenters. The normalized spacial score (nSPS) is 34.3. The van der Waals surface area contributed by atoms with E-state index in [1.165, 1.54) is 12.1 Å². The van der Waals surface area contributed by atoms with Gasteiger partial charge in [0, 0.05) is 5.69 Å². The first-order chi connectivity index (χ1) is 8.95. The van der Waals surface area contributed by atoms with Crippen molar-refractivity contribution in [3.05, 3.63) is 65.7 Å². The SMILES string of the molecule is c1ccc(N2[C@@H]3c4ccccc4[C@H]2[C@@H]2C[C@@H]23)cc1. The molecular formula is C17H15N. The maximum atomic E-state index is 2.67. The van der Waals surface area contributed by atoms with Crippen LogP contribution in [0.5, 0.6) is 0 Å². The zero-order valence-corrected chi connectivity index (χ0v) is 10.2. The Morgan fingerprint density at radius 2 is 1.28 bits per heavy atom. The molecule has 3 aliphatic rings. The summed E-state index contributed by atoms with van der Waals surface area (Å²) in [6, 6.07) is 21.3. The lowest BCUT2D eigenvalue weighted by molar-refractivity contribution is 0.631. The summed E-state index contributed by atoms with van der Waals surface area (Å²) in [7, 11) is 0. The number of hydrogen-bond donors (Lipinski definition) is 0. The minimum absolute atomic E-state index is 0.651. The Labute approximate surface area is 107 Å². The van der Waals surface area contributed by atoms with Crippen LogP contribution in [0.3, 0.4) is 0 Å². The summed E-state index contributed by atoms with van der Waals surface area (Å²) in [5.41, 5.74) is 4.58. The molecule has 2 fully saturated rings. The van der Waals surface area contributed by atoms with Crippen LogP contribution in [0.15, 0.2) is 54.6 Å². The van der Waals surface area contributed by atoms with Crippen molar-refractivity contribution >= 4 is 5.69 Å². The Hall–Kier alpha value is -1.76. The van der Waals surface area contributed by atoms with Gasteiger partial charge in [-0.25, -0.2) is 0 Å². The van der Waals surface area contributed by atoms with Crippen LogP contribution in [0.1, 0.15) is 29.6 Å². The number of fused-ring (bicyclic) bond motifs is 8. The van der Waals surface area contributed by atoms with Gasteiger partial charge in [0.2, 0.25) is 0 Å². The number of anilines is 1. The average Bonchev–Trinajstić information content (AvgIpc) is 3.08. The van der Waals surface area contributed by atoms with Gasteiger partial charge in [0.15, 0.2) is 0 Å². The van der Waals surface area contributed by atoms with E-state index in [4.69, 9.17) is 0 Å². The van der Waals surface area contributed by atoms with E-state index in [0.717, 1.165) is 11.8 Å². The molecule has 0 N–H and O–H groups in total. The molecule has 18 heavy (non-hydrogen) atoms. The second-order valence-corrected chi connectivity index (χ2v) is 5.82. The largest absolute Gasteiger partial charge is 0.357 e. The number of hydrogen-bond acceptors (Lipinski definition) is 1. The number of benzene rings is 2. The van der Waals surface area contributed by atoms with Gasteiger partial charge in [0.05, 0.1) is 12.1 Å². The van der Waals surface area contributed by atoms with E-state index in [9.17, 15) is 0 Å². The molecule has 0 radical (unpaired) electrons. The lowest BCUT2D eigenvalue weighted by Gasteiger charge is -2.28. The average molecular weight is 233 g/mol. The predicted octanol–water partition coefficient (Wildman–Crippen LogP) is 3.94. The fourth-order valence-corrected chi connectivity index (χ4v) is 4.28. The van der Waals surface area contributed by atoms with Crippen molar-refractivity contribution < 1.29 is 0 Å². The van der Waals surface area contributed by atoms with Crippen molar-refractivity contribution in [3.8, 4) is 0 Å². The highest BCUT2D eigenvalue weighted by atomic mass is 15.3. The minimum atomic E-state index is 0.651. The smallest absolute Gasteiger partial charge is 0.0584 e. The number of para-hydroxylation sites is 1. The van der Waals surface area contributed by atoms with Gasteiger partial charge in [-0.2, -0.15) is 0 Å². The van der Waals surface area contributed by atoms with E-state index >= 15 is 0 Å². The molecule has 5 rings (SSSR count). The van der Waals surface area contributed by atoms with E-state index in [-0.39, 0.29) is 0 Å². The lowest BCUT2D eigenvalue weighted by atomic mass is 9.92. The second kappa shape index (κ2) is 2.97. The van der Waals surface area contributed by atoms with Gasteiger partial charge < -0.3 is 4.90 Å². The highest BCUT2D eigenvalue weighted by Gasteiger charge is 2.64. The fourth-order valence-electron chi connectivity index (χ4n) is 4.28. The standard InChI is InChI=1S/C17H15N/c1-2-6-11(7-3-1)18-16-12-8-4-5-9-13(12)17(18)15-10-14(15)16/h1-9,14-17H,10H2/t14-,15+,16+,17-. The van der Waals surface area contributed by atoms with Crippen molar-refractivity contribution in [1.29, 1.82) is 0 Å². The number of piperidine rings is 1. The van der Waals surface area contributed by atoms with Crippen LogP contribution in [0, 0.1) is 11.8 Å². The summed E-state index contributed by atoms with van der Waals surface area (Å²) in [4.78, 5) is 2.67. The topological polar surface area (TPSA) is 3.24 Å². The first-order valence-electron chi connectivity index (χ1n) is 6.87. The van der Waals surface area contributed by atoms with Gasteiger partial charge in [0.25, 0.3) is 0 Å². The highest BCUT2D eigenvalue weighted by Crippen LogP contribution is 2.71. The molecule has 4 atom stereocenters. The summed E-state index contributed by atoms with van der Waals surface area (Å²) in [6.07, 6.45) is 1.44. The van der Waals surface area contributed by atoms with Gasteiger partial charge in [-0.15, -0.1) is 0 Å². The van der Waals surface area contributed by atoms with E-state index in [1.807, 2.05) is 0 Å². The van der Waals surface area contributed by atoms with Crippen LogP contribution >= 0.6 is 0 Å². The fraction of sp³-hybridized carbons (Fsp3) is 0.294. The first kappa shape index (κ1) is 9.21. The van der Waals surface area contributed by atoms with E-state index < -0.39 is 0 Å². The van der Waals surface area contributed by atoms with Crippen molar-refractivity contribution in [2.24, 2.45) is 11.8 Å². The Bertz CT molecular complexity index is 584. The van der Waals surface area contributed by atoms with Gasteiger partial charge in [-0.3, -0.25) is 0 Å². The first-order valence-corrected chi connectivity index (χ1v) is 6.87. The van der Waals surface area contributed by atoms with Crippen molar-refractivity contribution in [3.63, 3.8) is 0 Å². The third-order valence-corrected chi connectivity index (χ3v) is 4.99. The molecular weight excluding hydrogens is 218 g/mol. The van der Waals surface area contributed by atoms with E-state index in [2.05, 4.69) is 59.5 Å². The highest BCUT2D eigenvalue weighted by molar-refractivity contribution is 5.62. The zero-order chi connectivity index (χ0) is 11.7. The molecule has 2 bridgehead atoms. The Kier molecular flexibility index (Phi) is 1.52. The van der Waals surface area contributed by atoms with Crippen molar-refractivity contribution in [2.75, 3.05) is 4.90 Å². The zero-order valence-electron chi connectivity index (χ0n) is 10.2. The van der Waals surface area contributed by atoms with Gasteiger partial charge in [-0.1, -0.05) is 42.5 Å². The molecule has 1 heteroatoms. The maximum absolute atomic E-state index is 2.67. The molecule has 0 spiro atoms. The van der Waals surface area contributed by atoms with Gasteiger partial charge in [0.1, 0.15) is 0 Å². The molecule has 1 saturated carbocycles. The molecule has 0 aromatic heterocycles. The van der Waals surface area contributed by atoms with Crippen LogP contribution in [0.2, 0.25) is 0 Å². The summed E-state index contributed by atoms with van der Waals surface area (Å²) in [6.45, 7) is 0. The molecule has 88 valence electrons. The van der Waals surface area contributed by atoms with Crippen molar-refractivity contribution in [2.45, 2.75) is 18.5 Å². The number of rotatable bonds is 1. The lowest BCUT2D eigenvalue weighted by Crippen LogP contribution is -2.22. The molecule has 2 heterocycles. The number of nitrogens with zero attached hydrogens (tertiary/aromatic N) is 1. The minimum Gasteiger partial charge on any atom is -0.357 e. The maximum Gasteiger partial charge on any atom is 0.0584 e. The molecule has 1 aliphatic carbocycles. The quantitative estimate of drug-likeness (QED) is 0.721. The van der Waals surface area contributed by atoms with Crippen LogP contribution in [-0.2, 0) is 0 Å².